The summed E-state index contributed by atoms with van der Waals surface area (Å²) >= 11 is 0. The van der Waals surface area contributed by atoms with Crippen molar-refractivity contribution in [2.24, 2.45) is 5.41 Å². The number of piperazine rings is 1. The lowest BCUT2D eigenvalue weighted by molar-refractivity contribution is -0.157. The van der Waals surface area contributed by atoms with E-state index in [4.69, 9.17) is 4.74 Å². The van der Waals surface area contributed by atoms with E-state index in [-0.39, 0.29) is 18.0 Å². The number of hydrogen-bond acceptors (Lipinski definition) is 4. The molecule has 3 unspecified atom stereocenters. The van der Waals surface area contributed by atoms with Crippen LogP contribution in [-0.4, -0.2) is 43.0 Å². The molecule has 0 radical (unpaired) electrons. The van der Waals surface area contributed by atoms with Gasteiger partial charge in [-0.15, -0.1) is 0 Å². The highest BCUT2D eigenvalue weighted by Crippen LogP contribution is 2.43. The Morgan fingerprint density at radius 3 is 2.82 bits per heavy atom. The Morgan fingerprint density at radius 2 is 2.14 bits per heavy atom. The van der Waals surface area contributed by atoms with Gasteiger partial charge >= 0.3 is 5.97 Å². The number of carbonyl (C=O) groups is 2. The van der Waals surface area contributed by atoms with Crippen LogP contribution in [0.3, 0.4) is 0 Å². The molecule has 1 aromatic carbocycles. The summed E-state index contributed by atoms with van der Waals surface area (Å²) in [6.45, 7) is 5.15. The molecular formula is C17H22N2O3. The van der Waals surface area contributed by atoms with Gasteiger partial charge in [-0.05, 0) is 31.4 Å². The number of benzene rings is 1. The number of methoxy groups -OCH3 is 1. The van der Waals surface area contributed by atoms with E-state index >= 15 is 0 Å². The molecule has 1 aromatic rings. The average Bonchev–Trinajstić information content (AvgIpc) is 2.80. The van der Waals surface area contributed by atoms with Gasteiger partial charge in [0.25, 0.3) is 0 Å². The molecule has 2 fully saturated rings. The van der Waals surface area contributed by atoms with Gasteiger partial charge in [0, 0.05) is 13.1 Å². The van der Waals surface area contributed by atoms with Crippen molar-refractivity contribution >= 4 is 11.9 Å². The first kappa shape index (κ1) is 15.0. The van der Waals surface area contributed by atoms with E-state index in [1.807, 2.05) is 17.0 Å². The zero-order valence-electron chi connectivity index (χ0n) is 13.3. The molecule has 0 spiro atoms. The van der Waals surface area contributed by atoms with E-state index in [9.17, 15) is 9.59 Å². The fourth-order valence-corrected chi connectivity index (χ4v) is 3.77. The predicted octanol–water partition coefficient (Wildman–Crippen LogP) is 1.42. The van der Waals surface area contributed by atoms with Gasteiger partial charge in [-0.1, -0.05) is 24.3 Å². The summed E-state index contributed by atoms with van der Waals surface area (Å²) in [4.78, 5) is 26.7. The molecule has 0 saturated carbocycles. The third-order valence-corrected chi connectivity index (χ3v) is 5.01. The third-order valence-electron chi connectivity index (χ3n) is 5.01. The number of carbonyl (C=O) groups excluding carboxylic acids is 2. The molecule has 0 bridgehead atoms. The first-order chi connectivity index (χ1) is 10.5. The van der Waals surface area contributed by atoms with Crippen molar-refractivity contribution in [3.05, 3.63) is 35.4 Å². The van der Waals surface area contributed by atoms with E-state index in [1.54, 1.807) is 6.92 Å². The summed E-state index contributed by atoms with van der Waals surface area (Å²) in [5, 5.41) is 3.52. The smallest absolute Gasteiger partial charge is 0.321 e. The molecule has 3 atom stereocenters. The maximum atomic E-state index is 12.7. The molecule has 5 heteroatoms. The van der Waals surface area contributed by atoms with Crippen molar-refractivity contribution < 1.29 is 14.3 Å². The number of esters is 1. The molecule has 2 aliphatic rings. The summed E-state index contributed by atoms with van der Waals surface area (Å²) < 4.78 is 4.87. The lowest BCUT2D eigenvalue weighted by Gasteiger charge is -2.38. The van der Waals surface area contributed by atoms with Crippen LogP contribution in [0, 0.1) is 12.3 Å². The van der Waals surface area contributed by atoms with Crippen LogP contribution in [0.4, 0.5) is 0 Å². The van der Waals surface area contributed by atoms with Crippen LogP contribution in [0.15, 0.2) is 24.3 Å². The van der Waals surface area contributed by atoms with Crippen molar-refractivity contribution in [3.8, 4) is 0 Å². The molecule has 0 aliphatic carbocycles. The lowest BCUT2D eigenvalue weighted by atomic mass is 9.83. The van der Waals surface area contributed by atoms with Gasteiger partial charge in [-0.3, -0.25) is 9.59 Å². The van der Waals surface area contributed by atoms with Crippen LogP contribution in [0.25, 0.3) is 0 Å². The Balaban J connectivity index is 1.96. The highest BCUT2D eigenvalue weighted by Gasteiger charge is 2.57. The van der Waals surface area contributed by atoms with Crippen molar-refractivity contribution in [2.75, 3.05) is 20.2 Å². The monoisotopic (exact) mass is 302 g/mol. The van der Waals surface area contributed by atoms with Crippen LogP contribution < -0.4 is 5.32 Å². The van der Waals surface area contributed by atoms with Gasteiger partial charge in [-0.25, -0.2) is 0 Å². The highest BCUT2D eigenvalue weighted by atomic mass is 16.5. The molecule has 118 valence electrons. The number of hydrogen-bond donors (Lipinski definition) is 1. The van der Waals surface area contributed by atoms with Gasteiger partial charge < -0.3 is 15.0 Å². The van der Waals surface area contributed by atoms with Crippen LogP contribution in [0.5, 0.6) is 0 Å². The van der Waals surface area contributed by atoms with Gasteiger partial charge in [0.05, 0.1) is 19.2 Å². The molecule has 5 nitrogen and oxygen atoms in total. The fourth-order valence-electron chi connectivity index (χ4n) is 3.77. The standard InChI is InChI=1S/C17H22N2O3/c1-11-6-4-5-7-12(11)14-13-10-17(2,16(21)22-3)15(20)19(13)9-8-18-14/h4-7,13-14,18H,8-10H2,1-3H3. The van der Waals surface area contributed by atoms with Crippen molar-refractivity contribution in [1.29, 1.82) is 0 Å². The first-order valence-electron chi connectivity index (χ1n) is 7.67. The second kappa shape index (κ2) is 5.39. The van der Waals surface area contributed by atoms with Gasteiger partial charge in [0.2, 0.25) is 5.91 Å². The number of aryl methyl sites for hydroxylation is 1. The number of amides is 1. The molecule has 3 rings (SSSR count). The second-order valence-electron chi connectivity index (χ2n) is 6.38. The SMILES string of the molecule is COC(=O)C1(C)CC2C(c3ccccc3C)NCCN2C1=O. The maximum Gasteiger partial charge on any atom is 0.321 e. The number of rotatable bonds is 2. The number of fused-ring (bicyclic) bond motifs is 1. The zero-order valence-corrected chi connectivity index (χ0v) is 13.3. The molecule has 2 heterocycles. The van der Waals surface area contributed by atoms with E-state index in [2.05, 4.69) is 24.4 Å². The Kier molecular flexibility index (Phi) is 3.68. The Morgan fingerprint density at radius 1 is 1.41 bits per heavy atom. The van der Waals surface area contributed by atoms with Gasteiger partial charge in [0.15, 0.2) is 0 Å². The topological polar surface area (TPSA) is 58.6 Å². The van der Waals surface area contributed by atoms with Crippen LogP contribution in [0.2, 0.25) is 0 Å². The Labute approximate surface area is 130 Å². The molecule has 22 heavy (non-hydrogen) atoms. The van der Waals surface area contributed by atoms with E-state index in [0.29, 0.717) is 13.0 Å². The number of nitrogens with one attached hydrogen (secondary N) is 1. The minimum atomic E-state index is -1.06. The molecule has 2 aliphatic heterocycles. The summed E-state index contributed by atoms with van der Waals surface area (Å²) in [6.07, 6.45) is 0.491. The summed E-state index contributed by atoms with van der Waals surface area (Å²) in [7, 11) is 1.34. The largest absolute Gasteiger partial charge is 0.468 e. The first-order valence-corrected chi connectivity index (χ1v) is 7.67. The summed E-state index contributed by atoms with van der Waals surface area (Å²) in [6, 6.07) is 8.25. The Hall–Kier alpha value is -1.88. The third kappa shape index (κ3) is 2.11. The van der Waals surface area contributed by atoms with Crippen molar-refractivity contribution in [3.63, 3.8) is 0 Å². The summed E-state index contributed by atoms with van der Waals surface area (Å²) in [5.74, 6) is -0.542. The molecule has 2 saturated heterocycles. The minimum Gasteiger partial charge on any atom is -0.468 e. The normalized spacial score (nSPS) is 31.0. The average molecular weight is 302 g/mol. The van der Waals surface area contributed by atoms with E-state index < -0.39 is 11.4 Å². The molecular weight excluding hydrogens is 280 g/mol. The highest BCUT2D eigenvalue weighted by molar-refractivity contribution is 6.04. The molecule has 1 amide bonds. The zero-order chi connectivity index (χ0) is 15.9. The quantitative estimate of drug-likeness (QED) is 0.663. The van der Waals surface area contributed by atoms with Crippen LogP contribution >= 0.6 is 0 Å². The van der Waals surface area contributed by atoms with Gasteiger partial charge in [-0.2, -0.15) is 0 Å². The van der Waals surface area contributed by atoms with Crippen molar-refractivity contribution in [2.45, 2.75) is 32.4 Å². The predicted molar refractivity (Wildman–Crippen MR) is 82.2 cm³/mol. The van der Waals surface area contributed by atoms with Crippen molar-refractivity contribution in [1.82, 2.24) is 10.2 Å². The lowest BCUT2D eigenvalue weighted by Crippen LogP contribution is -2.52. The van der Waals surface area contributed by atoms with E-state index in [0.717, 1.165) is 6.54 Å². The number of nitrogens with zero attached hydrogens (tertiary/aromatic N) is 1. The van der Waals surface area contributed by atoms with Gasteiger partial charge in [0.1, 0.15) is 5.41 Å². The van der Waals surface area contributed by atoms with Crippen LogP contribution in [0.1, 0.15) is 30.5 Å². The summed E-state index contributed by atoms with van der Waals surface area (Å²) in [5.41, 5.74) is 1.33. The maximum absolute atomic E-state index is 12.7. The van der Waals surface area contributed by atoms with E-state index in [1.165, 1.54) is 18.2 Å². The number of ether oxygens (including phenoxy) is 1. The second-order valence-corrected chi connectivity index (χ2v) is 6.38. The minimum absolute atomic E-state index is 0.00792. The molecule has 0 aromatic heterocycles. The Bertz CT molecular complexity index is 616. The molecule has 1 N–H and O–H groups in total. The fraction of sp³-hybridized carbons (Fsp3) is 0.529. The van der Waals surface area contributed by atoms with Crippen LogP contribution in [-0.2, 0) is 14.3 Å².